The number of nitrogens with two attached hydrogens (primary N) is 1. The number of rotatable bonds is 4. The number of aromatic nitrogens is 5. The number of carbonyl (C=O) groups excluding carboxylic acids is 2. The van der Waals surface area contributed by atoms with E-state index in [1.54, 1.807) is 65.2 Å². The van der Waals surface area contributed by atoms with Crippen molar-refractivity contribution >= 4 is 39.4 Å². The molecule has 0 saturated heterocycles. The lowest BCUT2D eigenvalue weighted by molar-refractivity contribution is -0.140. The van der Waals surface area contributed by atoms with Crippen LogP contribution in [0, 0.1) is 5.82 Å². The highest BCUT2D eigenvalue weighted by atomic mass is 19.1. The molecule has 5 aromatic rings. The Kier molecular flexibility index (Phi) is 5.59. The molecule has 0 unspecified atom stereocenters. The highest BCUT2D eigenvalue weighted by Gasteiger charge is 2.24. The van der Waals surface area contributed by atoms with Gasteiger partial charge in [0.15, 0.2) is 0 Å². The SMILES string of the molecule is CC(=O)N(C)N(Cc1ccn(-c2ccc(F)cc2)n1)C(=O)c1ccc2nc(N)c3cnn(C)c3c2c1. The number of pyridine rings is 1. The van der Waals surface area contributed by atoms with Crippen LogP contribution in [0.25, 0.3) is 27.5 Å². The Labute approximate surface area is 205 Å². The molecule has 182 valence electrons. The molecule has 0 aliphatic rings. The molecule has 0 aliphatic heterocycles. The molecule has 0 saturated carbocycles. The summed E-state index contributed by atoms with van der Waals surface area (Å²) < 4.78 is 16.5. The topological polar surface area (TPSA) is 115 Å². The van der Waals surface area contributed by atoms with Gasteiger partial charge in [0.1, 0.15) is 11.6 Å². The number of amides is 2. The van der Waals surface area contributed by atoms with Crippen LogP contribution in [0.15, 0.2) is 60.9 Å². The number of nitrogen functional groups attached to an aromatic ring is 1. The number of benzene rings is 2. The van der Waals surface area contributed by atoms with Crippen molar-refractivity contribution in [1.29, 1.82) is 0 Å². The minimum absolute atomic E-state index is 0.0439. The van der Waals surface area contributed by atoms with Gasteiger partial charge in [0.2, 0.25) is 5.91 Å². The Morgan fingerprint density at radius 1 is 1.08 bits per heavy atom. The van der Waals surface area contributed by atoms with E-state index >= 15 is 0 Å². The molecule has 2 aromatic carbocycles. The van der Waals surface area contributed by atoms with Gasteiger partial charge in [-0.25, -0.2) is 19.1 Å². The van der Waals surface area contributed by atoms with E-state index in [9.17, 15) is 14.0 Å². The summed E-state index contributed by atoms with van der Waals surface area (Å²) in [6.07, 6.45) is 3.35. The van der Waals surface area contributed by atoms with Gasteiger partial charge in [0, 0.05) is 38.2 Å². The second-order valence-corrected chi connectivity index (χ2v) is 8.39. The summed E-state index contributed by atoms with van der Waals surface area (Å²) in [5, 5.41) is 12.8. The number of fused-ring (bicyclic) bond motifs is 3. The Morgan fingerprint density at radius 3 is 2.56 bits per heavy atom. The molecule has 2 amide bonds. The average molecular weight is 487 g/mol. The van der Waals surface area contributed by atoms with Crippen LogP contribution in [-0.4, -0.2) is 53.4 Å². The Bertz CT molecular complexity index is 1620. The summed E-state index contributed by atoms with van der Waals surface area (Å²) in [5.41, 5.74) is 9.05. The first-order valence-electron chi connectivity index (χ1n) is 11.1. The van der Waals surface area contributed by atoms with Crippen molar-refractivity contribution in [2.24, 2.45) is 7.05 Å². The highest BCUT2D eigenvalue weighted by Crippen LogP contribution is 2.28. The van der Waals surface area contributed by atoms with E-state index in [0.717, 1.165) is 10.9 Å². The number of anilines is 1. The first-order valence-corrected chi connectivity index (χ1v) is 11.1. The van der Waals surface area contributed by atoms with Gasteiger partial charge in [-0.15, -0.1) is 0 Å². The van der Waals surface area contributed by atoms with Gasteiger partial charge in [-0.2, -0.15) is 10.2 Å². The molecule has 36 heavy (non-hydrogen) atoms. The third-order valence-corrected chi connectivity index (χ3v) is 6.05. The average Bonchev–Trinajstić information content (AvgIpc) is 3.49. The van der Waals surface area contributed by atoms with Gasteiger partial charge >= 0.3 is 0 Å². The monoisotopic (exact) mass is 486 g/mol. The van der Waals surface area contributed by atoms with Crippen molar-refractivity contribution in [3.05, 3.63) is 78.0 Å². The van der Waals surface area contributed by atoms with E-state index in [2.05, 4.69) is 15.2 Å². The van der Waals surface area contributed by atoms with Crippen molar-refractivity contribution < 1.29 is 14.0 Å². The molecule has 3 heterocycles. The summed E-state index contributed by atoms with van der Waals surface area (Å²) in [6.45, 7) is 1.42. The van der Waals surface area contributed by atoms with E-state index in [4.69, 9.17) is 5.73 Å². The maximum atomic E-state index is 13.7. The first-order chi connectivity index (χ1) is 17.2. The zero-order valence-corrected chi connectivity index (χ0v) is 19.9. The van der Waals surface area contributed by atoms with E-state index in [0.29, 0.717) is 33.7 Å². The third kappa shape index (κ3) is 4.00. The molecule has 0 atom stereocenters. The van der Waals surface area contributed by atoms with Crippen LogP contribution in [0.5, 0.6) is 0 Å². The summed E-state index contributed by atoms with van der Waals surface area (Å²) in [7, 11) is 3.32. The predicted octanol–water partition coefficient (Wildman–Crippen LogP) is 3.06. The molecule has 0 aliphatic carbocycles. The largest absolute Gasteiger partial charge is 0.383 e. The Morgan fingerprint density at radius 2 is 1.83 bits per heavy atom. The van der Waals surface area contributed by atoms with Crippen molar-refractivity contribution in [3.63, 3.8) is 0 Å². The minimum Gasteiger partial charge on any atom is -0.383 e. The van der Waals surface area contributed by atoms with Crippen LogP contribution >= 0.6 is 0 Å². The predicted molar refractivity (Wildman–Crippen MR) is 132 cm³/mol. The standard InChI is InChI=1S/C25H23FN8O2/c1-15(35)32(3)34(14-18-10-11-33(30-18)19-7-5-17(26)6-8-19)25(36)16-4-9-22-20(12-16)23-21(24(27)29-22)13-28-31(23)2/h4-13H,14H2,1-3H3,(H2,27,29). The zero-order chi connectivity index (χ0) is 25.6. The summed E-state index contributed by atoms with van der Waals surface area (Å²) in [5.74, 6) is -0.689. The normalized spacial score (nSPS) is 11.2. The number of hydrogen-bond acceptors (Lipinski definition) is 6. The van der Waals surface area contributed by atoms with Gasteiger partial charge < -0.3 is 5.73 Å². The maximum Gasteiger partial charge on any atom is 0.272 e. The number of carbonyl (C=O) groups is 2. The summed E-state index contributed by atoms with van der Waals surface area (Å²) in [6, 6.07) is 12.7. The molecule has 11 heteroatoms. The third-order valence-electron chi connectivity index (χ3n) is 6.05. The fourth-order valence-electron chi connectivity index (χ4n) is 4.06. The molecule has 10 nitrogen and oxygen atoms in total. The number of hydrogen-bond donors (Lipinski definition) is 1. The van der Waals surface area contributed by atoms with Crippen LogP contribution in [0.4, 0.5) is 10.2 Å². The summed E-state index contributed by atoms with van der Waals surface area (Å²) >= 11 is 0. The van der Waals surface area contributed by atoms with Crippen LogP contribution < -0.4 is 5.73 Å². The van der Waals surface area contributed by atoms with Gasteiger partial charge in [-0.3, -0.25) is 19.3 Å². The number of halogens is 1. The quantitative estimate of drug-likeness (QED) is 0.391. The molecular weight excluding hydrogens is 463 g/mol. The molecule has 5 rings (SSSR count). The van der Waals surface area contributed by atoms with E-state index in [-0.39, 0.29) is 18.3 Å². The maximum absolute atomic E-state index is 13.7. The number of nitrogens with zero attached hydrogens (tertiary/aromatic N) is 7. The number of aryl methyl sites for hydroxylation is 1. The molecular formula is C25H23FN8O2. The van der Waals surface area contributed by atoms with Gasteiger partial charge in [-0.05, 0) is 48.5 Å². The fourth-order valence-corrected chi connectivity index (χ4v) is 4.06. The summed E-state index contributed by atoms with van der Waals surface area (Å²) in [4.78, 5) is 30.3. The minimum atomic E-state index is -0.391. The Balaban J connectivity index is 1.51. The molecule has 0 radical (unpaired) electrons. The van der Waals surface area contributed by atoms with Crippen LogP contribution in [-0.2, 0) is 18.4 Å². The van der Waals surface area contributed by atoms with Crippen molar-refractivity contribution in [2.75, 3.05) is 12.8 Å². The van der Waals surface area contributed by atoms with E-state index in [1.165, 1.54) is 36.1 Å². The van der Waals surface area contributed by atoms with Gasteiger partial charge in [0.25, 0.3) is 5.91 Å². The lowest BCUT2D eigenvalue weighted by Gasteiger charge is -2.30. The lowest BCUT2D eigenvalue weighted by atomic mass is 10.1. The molecule has 0 fully saturated rings. The number of hydrazine groups is 1. The molecule has 2 N–H and O–H groups in total. The molecule has 0 bridgehead atoms. The second kappa shape index (κ2) is 8.77. The van der Waals surface area contributed by atoms with Crippen LogP contribution in [0.3, 0.4) is 0 Å². The smallest absolute Gasteiger partial charge is 0.272 e. The Hall–Kier alpha value is -4.80. The van der Waals surface area contributed by atoms with Crippen LogP contribution in [0.2, 0.25) is 0 Å². The highest BCUT2D eigenvalue weighted by molar-refractivity contribution is 6.10. The van der Waals surface area contributed by atoms with Crippen molar-refractivity contribution in [1.82, 2.24) is 34.6 Å². The first kappa shape index (κ1) is 23.0. The van der Waals surface area contributed by atoms with E-state index < -0.39 is 5.91 Å². The van der Waals surface area contributed by atoms with Crippen LogP contribution in [0.1, 0.15) is 23.0 Å². The van der Waals surface area contributed by atoms with Crippen molar-refractivity contribution in [2.45, 2.75) is 13.5 Å². The van der Waals surface area contributed by atoms with Gasteiger partial charge in [-0.1, -0.05) is 0 Å². The van der Waals surface area contributed by atoms with E-state index in [1.807, 2.05) is 0 Å². The lowest BCUT2D eigenvalue weighted by Crippen LogP contribution is -2.46. The molecule has 3 aromatic heterocycles. The van der Waals surface area contributed by atoms with Gasteiger partial charge in [0.05, 0.1) is 40.5 Å². The second-order valence-electron chi connectivity index (χ2n) is 8.39. The molecule has 0 spiro atoms. The van der Waals surface area contributed by atoms with Crippen molar-refractivity contribution in [3.8, 4) is 5.69 Å². The fraction of sp³-hybridized carbons (Fsp3) is 0.160. The zero-order valence-electron chi connectivity index (χ0n) is 19.9.